The molecule has 0 amide bonds. The van der Waals surface area contributed by atoms with E-state index in [1.165, 1.54) is 12.0 Å². The normalized spacial score (nSPS) is 25.3. The first-order chi connectivity index (χ1) is 8.63. The van der Waals surface area contributed by atoms with E-state index < -0.39 is 0 Å². The first-order valence-electron chi connectivity index (χ1n) is 6.76. The van der Waals surface area contributed by atoms with E-state index in [2.05, 4.69) is 59.4 Å². The third-order valence-electron chi connectivity index (χ3n) is 3.70. The summed E-state index contributed by atoms with van der Waals surface area (Å²) >= 11 is 3.48. The molecule has 0 spiro atoms. The summed E-state index contributed by atoms with van der Waals surface area (Å²) in [5.41, 5.74) is 1.38. The molecule has 1 saturated heterocycles. The zero-order valence-corrected chi connectivity index (χ0v) is 12.8. The lowest BCUT2D eigenvalue weighted by atomic mass is 10.00. The molecule has 2 nitrogen and oxygen atoms in total. The molecule has 0 saturated carbocycles. The van der Waals surface area contributed by atoms with Crippen molar-refractivity contribution < 1.29 is 4.74 Å². The number of benzene rings is 1. The van der Waals surface area contributed by atoms with Gasteiger partial charge in [0, 0.05) is 23.7 Å². The van der Waals surface area contributed by atoms with E-state index in [-0.39, 0.29) is 5.60 Å². The Kier molecular flexibility index (Phi) is 4.82. The maximum absolute atomic E-state index is 5.82. The van der Waals surface area contributed by atoms with Crippen LogP contribution in [0, 0.1) is 0 Å². The first-order valence-corrected chi connectivity index (χ1v) is 7.55. The van der Waals surface area contributed by atoms with Crippen molar-refractivity contribution in [2.45, 2.75) is 44.8 Å². The molecule has 2 rings (SSSR count). The number of hydrogen-bond acceptors (Lipinski definition) is 2. The van der Waals surface area contributed by atoms with Gasteiger partial charge in [0.05, 0.1) is 5.60 Å². The Hall–Kier alpha value is -0.380. The van der Waals surface area contributed by atoms with Crippen LogP contribution in [-0.2, 0) is 4.74 Å². The van der Waals surface area contributed by atoms with E-state index in [0.717, 1.165) is 30.5 Å². The molecule has 18 heavy (non-hydrogen) atoms. The molecule has 0 bridgehead atoms. The summed E-state index contributed by atoms with van der Waals surface area (Å²) in [5.74, 6) is 0. The Morgan fingerprint density at radius 2 is 2.11 bits per heavy atom. The van der Waals surface area contributed by atoms with Crippen molar-refractivity contribution in [1.82, 2.24) is 5.32 Å². The van der Waals surface area contributed by atoms with Gasteiger partial charge in [0.25, 0.3) is 0 Å². The van der Waals surface area contributed by atoms with Crippen molar-refractivity contribution in [2.24, 2.45) is 0 Å². The lowest BCUT2D eigenvalue weighted by Crippen LogP contribution is -2.38. The molecule has 0 radical (unpaired) electrons. The van der Waals surface area contributed by atoms with Crippen molar-refractivity contribution in [3.05, 3.63) is 34.3 Å². The highest BCUT2D eigenvalue weighted by molar-refractivity contribution is 9.10. The minimum absolute atomic E-state index is 0.0305. The maximum atomic E-state index is 5.82. The molecule has 2 atom stereocenters. The van der Waals surface area contributed by atoms with Gasteiger partial charge in [-0.2, -0.15) is 0 Å². The van der Waals surface area contributed by atoms with Crippen LogP contribution in [0.15, 0.2) is 28.7 Å². The Bertz CT molecular complexity index is 371. The maximum Gasteiger partial charge on any atom is 0.0779 e. The van der Waals surface area contributed by atoms with E-state index in [0.29, 0.717) is 6.04 Å². The van der Waals surface area contributed by atoms with Gasteiger partial charge < -0.3 is 10.1 Å². The van der Waals surface area contributed by atoms with Crippen LogP contribution in [-0.4, -0.2) is 18.8 Å². The lowest BCUT2D eigenvalue weighted by molar-refractivity contribution is 0.0186. The van der Waals surface area contributed by atoms with Crippen LogP contribution in [0.3, 0.4) is 0 Å². The van der Waals surface area contributed by atoms with Crippen molar-refractivity contribution in [3.63, 3.8) is 0 Å². The first kappa shape index (κ1) is 14.0. The van der Waals surface area contributed by atoms with E-state index in [4.69, 9.17) is 4.74 Å². The van der Waals surface area contributed by atoms with Crippen LogP contribution in [0.2, 0.25) is 0 Å². The van der Waals surface area contributed by atoms with Gasteiger partial charge in [-0.05, 0) is 43.9 Å². The minimum atomic E-state index is 0.0305. The van der Waals surface area contributed by atoms with Gasteiger partial charge in [0.15, 0.2) is 0 Å². The summed E-state index contributed by atoms with van der Waals surface area (Å²) in [6.45, 7) is 6.27. The van der Waals surface area contributed by atoms with Crippen LogP contribution in [0.25, 0.3) is 0 Å². The number of nitrogens with one attached hydrogen (secondary N) is 1. The molecule has 0 aliphatic carbocycles. The molecule has 1 aromatic rings. The summed E-state index contributed by atoms with van der Waals surface area (Å²) in [7, 11) is 0. The molecule has 0 aromatic heterocycles. The van der Waals surface area contributed by atoms with E-state index in [1.807, 2.05) is 0 Å². The van der Waals surface area contributed by atoms with Gasteiger partial charge in [0.2, 0.25) is 0 Å². The van der Waals surface area contributed by atoms with Crippen molar-refractivity contribution in [3.8, 4) is 0 Å². The topological polar surface area (TPSA) is 21.3 Å². The summed E-state index contributed by atoms with van der Waals surface area (Å²) in [6, 6.07) is 8.99. The molecular formula is C15H22BrNO. The molecule has 100 valence electrons. The Morgan fingerprint density at radius 3 is 2.67 bits per heavy atom. The fraction of sp³-hybridized carbons (Fsp3) is 0.600. The predicted octanol–water partition coefficient (Wildman–Crippen LogP) is 4.06. The Balaban J connectivity index is 1.95. The van der Waals surface area contributed by atoms with Crippen LogP contribution in [0.5, 0.6) is 0 Å². The van der Waals surface area contributed by atoms with E-state index >= 15 is 0 Å². The lowest BCUT2D eigenvalue weighted by Gasteiger charge is -2.27. The van der Waals surface area contributed by atoms with Gasteiger partial charge in [0.1, 0.15) is 0 Å². The number of rotatable bonds is 5. The Morgan fingerprint density at radius 1 is 1.39 bits per heavy atom. The number of halogens is 1. The van der Waals surface area contributed by atoms with Gasteiger partial charge in [-0.15, -0.1) is 0 Å². The SMILES string of the molecule is CCC(NCC1(C)CCCO1)c1ccc(Br)cc1. The van der Waals surface area contributed by atoms with E-state index in [1.54, 1.807) is 0 Å². The second-order valence-electron chi connectivity index (χ2n) is 5.30. The van der Waals surface area contributed by atoms with Gasteiger partial charge in [-0.1, -0.05) is 35.0 Å². The summed E-state index contributed by atoms with van der Waals surface area (Å²) in [6.07, 6.45) is 3.45. The van der Waals surface area contributed by atoms with Crippen molar-refractivity contribution >= 4 is 15.9 Å². The van der Waals surface area contributed by atoms with Gasteiger partial charge in [-0.3, -0.25) is 0 Å². The monoisotopic (exact) mass is 311 g/mol. The van der Waals surface area contributed by atoms with Crippen molar-refractivity contribution in [1.29, 1.82) is 0 Å². The molecule has 1 N–H and O–H groups in total. The quantitative estimate of drug-likeness (QED) is 0.885. The van der Waals surface area contributed by atoms with Crippen LogP contribution in [0.1, 0.15) is 44.7 Å². The molecule has 1 aliphatic heterocycles. The molecule has 1 aliphatic rings. The van der Waals surface area contributed by atoms with Crippen LogP contribution in [0.4, 0.5) is 0 Å². The number of hydrogen-bond donors (Lipinski definition) is 1. The van der Waals surface area contributed by atoms with Gasteiger partial charge in [-0.25, -0.2) is 0 Å². The largest absolute Gasteiger partial charge is 0.374 e. The smallest absolute Gasteiger partial charge is 0.0779 e. The zero-order chi connectivity index (χ0) is 13.0. The highest BCUT2D eigenvalue weighted by Gasteiger charge is 2.30. The second-order valence-corrected chi connectivity index (χ2v) is 6.21. The average molecular weight is 312 g/mol. The number of ether oxygens (including phenoxy) is 1. The van der Waals surface area contributed by atoms with E-state index in [9.17, 15) is 0 Å². The summed E-state index contributed by atoms with van der Waals surface area (Å²) < 4.78 is 6.95. The van der Waals surface area contributed by atoms with Crippen LogP contribution < -0.4 is 5.32 Å². The third-order valence-corrected chi connectivity index (χ3v) is 4.23. The second kappa shape index (κ2) is 6.18. The minimum Gasteiger partial charge on any atom is -0.374 e. The molecule has 2 unspecified atom stereocenters. The highest BCUT2D eigenvalue weighted by Crippen LogP contribution is 2.26. The zero-order valence-electron chi connectivity index (χ0n) is 11.2. The fourth-order valence-electron chi connectivity index (χ4n) is 2.51. The van der Waals surface area contributed by atoms with Crippen molar-refractivity contribution in [2.75, 3.05) is 13.2 Å². The molecule has 1 aromatic carbocycles. The fourth-order valence-corrected chi connectivity index (χ4v) is 2.77. The standard InChI is InChI=1S/C15H22BrNO/c1-3-14(12-5-7-13(16)8-6-12)17-11-15(2)9-4-10-18-15/h5-8,14,17H,3-4,9-11H2,1-2H3. The third kappa shape index (κ3) is 3.56. The predicted molar refractivity (Wildman–Crippen MR) is 78.8 cm³/mol. The molecular weight excluding hydrogens is 290 g/mol. The highest BCUT2D eigenvalue weighted by atomic mass is 79.9. The molecule has 3 heteroatoms. The molecule has 1 heterocycles. The molecule has 1 fully saturated rings. The summed E-state index contributed by atoms with van der Waals surface area (Å²) in [5, 5.41) is 3.65. The van der Waals surface area contributed by atoms with Crippen LogP contribution >= 0.6 is 15.9 Å². The Labute approximate surface area is 118 Å². The summed E-state index contributed by atoms with van der Waals surface area (Å²) in [4.78, 5) is 0. The van der Waals surface area contributed by atoms with Gasteiger partial charge >= 0.3 is 0 Å². The average Bonchev–Trinajstić information content (AvgIpc) is 2.79.